The van der Waals surface area contributed by atoms with Gasteiger partial charge in [0.15, 0.2) is 0 Å². The average Bonchev–Trinajstić information content (AvgIpc) is 2.95. The lowest BCUT2D eigenvalue weighted by Crippen LogP contribution is -2.30. The number of halogens is 2. The van der Waals surface area contributed by atoms with Crippen LogP contribution in [0.15, 0.2) is 30.3 Å². The van der Waals surface area contributed by atoms with Crippen molar-refractivity contribution in [3.63, 3.8) is 0 Å². The zero-order valence-electron chi connectivity index (χ0n) is 12.9. The van der Waals surface area contributed by atoms with Gasteiger partial charge in [0.05, 0.1) is 18.3 Å². The third-order valence-electron chi connectivity index (χ3n) is 3.47. The molecule has 0 aliphatic heterocycles. The molecule has 132 valence electrons. The molecule has 3 N–H and O–H groups in total. The van der Waals surface area contributed by atoms with Gasteiger partial charge in [0, 0.05) is 30.3 Å². The van der Waals surface area contributed by atoms with E-state index >= 15 is 0 Å². The third kappa shape index (κ3) is 3.57. The molecule has 0 saturated carbocycles. The van der Waals surface area contributed by atoms with Crippen LogP contribution in [0.5, 0.6) is 5.75 Å². The smallest absolute Gasteiger partial charge is 0.274 e. The lowest BCUT2D eigenvalue weighted by Gasteiger charge is -2.09. The minimum Gasteiger partial charge on any atom is -0.497 e. The minimum atomic E-state index is -4.07. The van der Waals surface area contributed by atoms with Crippen molar-refractivity contribution in [3.8, 4) is 11.4 Å². The maximum Gasteiger partial charge on any atom is 0.274 e. The van der Waals surface area contributed by atoms with Gasteiger partial charge in [-0.05, 0) is 12.1 Å². The molecule has 0 aliphatic carbocycles. The van der Waals surface area contributed by atoms with Crippen LogP contribution in [0.1, 0.15) is 5.56 Å². The van der Waals surface area contributed by atoms with E-state index in [2.05, 4.69) is 10.3 Å². The molecule has 25 heavy (non-hydrogen) atoms. The van der Waals surface area contributed by atoms with Crippen LogP contribution in [0.2, 0.25) is 0 Å². The van der Waals surface area contributed by atoms with E-state index in [0.717, 1.165) is 12.1 Å². The number of rotatable bonds is 5. The minimum absolute atomic E-state index is 0.0991. The standard InChI is InChI=1S/C14H13F2N5O3S/c1-24-9-2-3-14-13(6-9)19-20-21(14)8-4-11(15)10(12(16)5-8)7-18-25(17,22)23/h2-6,18H,7H2,1H3,(H2,17,22,23). The average molecular weight is 369 g/mol. The van der Waals surface area contributed by atoms with Gasteiger partial charge in [0.2, 0.25) is 0 Å². The Morgan fingerprint density at radius 2 is 1.92 bits per heavy atom. The molecular formula is C14H13F2N5O3S. The number of hydrogen-bond donors (Lipinski definition) is 2. The lowest BCUT2D eigenvalue weighted by molar-refractivity contribution is 0.415. The van der Waals surface area contributed by atoms with Crippen LogP contribution in [-0.4, -0.2) is 30.5 Å². The van der Waals surface area contributed by atoms with Gasteiger partial charge < -0.3 is 4.74 Å². The molecule has 11 heteroatoms. The highest BCUT2D eigenvalue weighted by Gasteiger charge is 2.16. The Kier molecular flexibility index (Phi) is 4.37. The number of benzene rings is 2. The maximum atomic E-state index is 14.2. The predicted octanol–water partition coefficient (Wildman–Crippen LogP) is 1.00. The number of ether oxygens (including phenoxy) is 1. The highest BCUT2D eigenvalue weighted by Crippen LogP contribution is 2.23. The molecule has 0 amide bonds. The Balaban J connectivity index is 2.01. The first-order valence-corrected chi connectivity index (χ1v) is 8.48. The molecule has 0 atom stereocenters. The largest absolute Gasteiger partial charge is 0.497 e. The van der Waals surface area contributed by atoms with Gasteiger partial charge in [-0.15, -0.1) is 5.10 Å². The summed E-state index contributed by atoms with van der Waals surface area (Å²) in [6, 6.07) is 7.01. The molecule has 3 aromatic rings. The Morgan fingerprint density at radius 3 is 2.52 bits per heavy atom. The van der Waals surface area contributed by atoms with Gasteiger partial charge in [-0.2, -0.15) is 13.1 Å². The highest BCUT2D eigenvalue weighted by atomic mass is 32.2. The first-order chi connectivity index (χ1) is 11.8. The van der Waals surface area contributed by atoms with Crippen molar-refractivity contribution in [2.75, 3.05) is 7.11 Å². The van der Waals surface area contributed by atoms with E-state index in [-0.39, 0.29) is 5.69 Å². The fourth-order valence-electron chi connectivity index (χ4n) is 2.27. The van der Waals surface area contributed by atoms with Crippen molar-refractivity contribution in [1.29, 1.82) is 0 Å². The molecule has 0 spiro atoms. The molecular weight excluding hydrogens is 356 g/mol. The monoisotopic (exact) mass is 369 g/mol. The van der Waals surface area contributed by atoms with E-state index in [1.54, 1.807) is 18.2 Å². The summed E-state index contributed by atoms with van der Waals surface area (Å²) in [7, 11) is -2.56. The molecule has 0 saturated heterocycles. The molecule has 0 unspecified atom stereocenters. The topological polar surface area (TPSA) is 112 Å². The SMILES string of the molecule is COc1ccc2c(c1)nnn2-c1cc(F)c(CNS(N)(=O)=O)c(F)c1. The summed E-state index contributed by atoms with van der Waals surface area (Å²) in [5.74, 6) is -1.31. The Bertz CT molecular complexity index is 1030. The van der Waals surface area contributed by atoms with Crippen LogP contribution in [0.25, 0.3) is 16.7 Å². The summed E-state index contributed by atoms with van der Waals surface area (Å²) in [4.78, 5) is 0. The molecule has 0 aliphatic rings. The first kappa shape index (κ1) is 17.2. The van der Waals surface area contributed by atoms with E-state index in [4.69, 9.17) is 9.88 Å². The van der Waals surface area contributed by atoms with Gasteiger partial charge in [0.1, 0.15) is 22.9 Å². The molecule has 1 heterocycles. The summed E-state index contributed by atoms with van der Waals surface area (Å²) >= 11 is 0. The van der Waals surface area contributed by atoms with Crippen LogP contribution >= 0.6 is 0 Å². The zero-order chi connectivity index (χ0) is 18.2. The Labute approximate surface area is 141 Å². The predicted molar refractivity (Wildman–Crippen MR) is 85.3 cm³/mol. The van der Waals surface area contributed by atoms with Crippen molar-refractivity contribution in [2.24, 2.45) is 5.14 Å². The van der Waals surface area contributed by atoms with Crippen molar-refractivity contribution in [2.45, 2.75) is 6.54 Å². The number of nitrogens with two attached hydrogens (primary N) is 1. The molecule has 3 rings (SSSR count). The molecule has 8 nitrogen and oxygen atoms in total. The summed E-state index contributed by atoms with van der Waals surface area (Å²) < 4.78 is 58.3. The van der Waals surface area contributed by atoms with Crippen molar-refractivity contribution < 1.29 is 21.9 Å². The summed E-state index contributed by atoms with van der Waals surface area (Å²) in [5.41, 5.74) is 0.654. The van der Waals surface area contributed by atoms with E-state index in [9.17, 15) is 17.2 Å². The Morgan fingerprint density at radius 1 is 1.24 bits per heavy atom. The van der Waals surface area contributed by atoms with E-state index in [1.807, 2.05) is 4.72 Å². The second-order valence-corrected chi connectivity index (χ2v) is 6.49. The van der Waals surface area contributed by atoms with E-state index in [1.165, 1.54) is 11.8 Å². The summed E-state index contributed by atoms with van der Waals surface area (Å²) in [6.45, 7) is -0.605. The molecule has 0 radical (unpaired) electrons. The number of nitrogens with one attached hydrogen (secondary N) is 1. The van der Waals surface area contributed by atoms with Crippen molar-refractivity contribution in [1.82, 2.24) is 19.7 Å². The zero-order valence-corrected chi connectivity index (χ0v) is 13.7. The fraction of sp³-hybridized carbons (Fsp3) is 0.143. The van der Waals surface area contributed by atoms with Gasteiger partial charge in [-0.3, -0.25) is 0 Å². The van der Waals surface area contributed by atoms with E-state index in [0.29, 0.717) is 16.8 Å². The van der Waals surface area contributed by atoms with Crippen LogP contribution in [0.4, 0.5) is 8.78 Å². The quantitative estimate of drug-likeness (QED) is 0.697. The molecule has 0 fully saturated rings. The molecule has 2 aromatic carbocycles. The Hall–Kier alpha value is -2.63. The number of fused-ring (bicyclic) bond motifs is 1. The van der Waals surface area contributed by atoms with Crippen LogP contribution in [0.3, 0.4) is 0 Å². The lowest BCUT2D eigenvalue weighted by atomic mass is 10.1. The second-order valence-electron chi connectivity index (χ2n) is 5.11. The number of nitrogens with zero attached hydrogens (tertiary/aromatic N) is 3. The van der Waals surface area contributed by atoms with Crippen molar-refractivity contribution >= 4 is 21.2 Å². The van der Waals surface area contributed by atoms with Crippen molar-refractivity contribution in [3.05, 3.63) is 47.5 Å². The second kappa shape index (κ2) is 6.35. The van der Waals surface area contributed by atoms with Gasteiger partial charge >= 0.3 is 0 Å². The molecule has 1 aromatic heterocycles. The van der Waals surface area contributed by atoms with Gasteiger partial charge in [-0.1, -0.05) is 5.21 Å². The number of methoxy groups -OCH3 is 1. The molecule has 0 bridgehead atoms. The van der Waals surface area contributed by atoms with Crippen LogP contribution in [-0.2, 0) is 16.8 Å². The number of aromatic nitrogens is 3. The van der Waals surface area contributed by atoms with Crippen LogP contribution < -0.4 is 14.6 Å². The first-order valence-electron chi connectivity index (χ1n) is 6.93. The van der Waals surface area contributed by atoms with Gasteiger partial charge in [0.25, 0.3) is 10.2 Å². The highest BCUT2D eigenvalue weighted by molar-refractivity contribution is 7.87. The summed E-state index contributed by atoms with van der Waals surface area (Å²) in [5, 5.41) is 12.6. The third-order valence-corrected chi connectivity index (χ3v) is 4.02. The van der Waals surface area contributed by atoms with Gasteiger partial charge in [-0.25, -0.2) is 18.6 Å². The summed E-state index contributed by atoms with van der Waals surface area (Å²) in [6.07, 6.45) is 0. The number of hydrogen-bond acceptors (Lipinski definition) is 5. The maximum absolute atomic E-state index is 14.2. The van der Waals surface area contributed by atoms with Crippen LogP contribution in [0, 0.1) is 11.6 Å². The normalized spacial score (nSPS) is 11.8. The van der Waals surface area contributed by atoms with E-state index < -0.39 is 34.0 Å². The fourth-order valence-corrected chi connectivity index (χ4v) is 2.62.